The van der Waals surface area contributed by atoms with Crippen LogP contribution in [-0.2, 0) is 14.3 Å². The van der Waals surface area contributed by atoms with Crippen LogP contribution in [0.25, 0.3) is 0 Å². The highest BCUT2D eigenvalue weighted by Gasteiger charge is 2.10. The van der Waals surface area contributed by atoms with Crippen molar-refractivity contribution in [1.82, 2.24) is 0 Å². The van der Waals surface area contributed by atoms with E-state index >= 15 is 0 Å². The molecule has 0 bridgehead atoms. The number of ether oxygens (including phenoxy) is 2. The van der Waals surface area contributed by atoms with E-state index in [9.17, 15) is 4.79 Å². The molecular weight excluding hydrogens is 168 g/mol. The lowest BCUT2D eigenvalue weighted by molar-refractivity contribution is -0.148. The van der Waals surface area contributed by atoms with Gasteiger partial charge in [-0.3, -0.25) is 4.79 Å². The van der Waals surface area contributed by atoms with E-state index in [0.717, 1.165) is 19.4 Å². The Morgan fingerprint density at radius 2 is 2.00 bits per heavy atom. The van der Waals surface area contributed by atoms with Gasteiger partial charge in [-0.15, -0.1) is 0 Å². The molecule has 0 aliphatic rings. The van der Waals surface area contributed by atoms with Crippen LogP contribution in [0.1, 0.15) is 33.6 Å². The van der Waals surface area contributed by atoms with Gasteiger partial charge >= 0.3 is 5.97 Å². The molecule has 1 unspecified atom stereocenters. The smallest absolute Gasteiger partial charge is 0.308 e. The van der Waals surface area contributed by atoms with Crippen LogP contribution in [0, 0.1) is 5.92 Å². The molecule has 0 saturated carbocycles. The summed E-state index contributed by atoms with van der Waals surface area (Å²) >= 11 is 0. The van der Waals surface area contributed by atoms with Crippen molar-refractivity contribution in [1.29, 1.82) is 0 Å². The monoisotopic (exact) mass is 188 g/mol. The molecule has 0 heterocycles. The fraction of sp³-hybridized carbons (Fsp3) is 0.900. The van der Waals surface area contributed by atoms with E-state index in [0.29, 0.717) is 13.2 Å². The van der Waals surface area contributed by atoms with Gasteiger partial charge in [-0.05, 0) is 13.3 Å². The van der Waals surface area contributed by atoms with E-state index in [2.05, 4.69) is 0 Å². The Morgan fingerprint density at radius 3 is 2.54 bits per heavy atom. The number of hydrogen-bond donors (Lipinski definition) is 0. The summed E-state index contributed by atoms with van der Waals surface area (Å²) in [5.41, 5.74) is 0. The van der Waals surface area contributed by atoms with Gasteiger partial charge in [0.15, 0.2) is 0 Å². The number of esters is 1. The van der Waals surface area contributed by atoms with Gasteiger partial charge < -0.3 is 9.47 Å². The highest BCUT2D eigenvalue weighted by Crippen LogP contribution is 2.03. The van der Waals surface area contributed by atoms with Gasteiger partial charge in [0, 0.05) is 19.6 Å². The standard InChI is InChI=1S/C10H20O3/c1-4-9(3)10(11)13-8-6-7-12-5-2/h9H,4-8H2,1-3H3. The zero-order chi connectivity index (χ0) is 10.1. The average molecular weight is 188 g/mol. The normalized spacial score (nSPS) is 12.5. The first-order valence-electron chi connectivity index (χ1n) is 4.96. The van der Waals surface area contributed by atoms with Crippen LogP contribution < -0.4 is 0 Å². The van der Waals surface area contributed by atoms with Crippen LogP contribution in [0.4, 0.5) is 0 Å². The first-order chi connectivity index (χ1) is 6.22. The van der Waals surface area contributed by atoms with Crippen molar-refractivity contribution in [2.45, 2.75) is 33.6 Å². The average Bonchev–Trinajstić information content (AvgIpc) is 2.16. The first kappa shape index (κ1) is 12.4. The van der Waals surface area contributed by atoms with Gasteiger partial charge in [0.25, 0.3) is 0 Å². The summed E-state index contributed by atoms with van der Waals surface area (Å²) in [5.74, 6) is -0.0777. The van der Waals surface area contributed by atoms with E-state index in [1.807, 2.05) is 20.8 Å². The Kier molecular flexibility index (Phi) is 7.69. The Hall–Kier alpha value is -0.570. The van der Waals surface area contributed by atoms with E-state index in [1.165, 1.54) is 0 Å². The maximum Gasteiger partial charge on any atom is 0.308 e. The maximum absolute atomic E-state index is 11.1. The summed E-state index contributed by atoms with van der Waals surface area (Å²) in [4.78, 5) is 11.1. The van der Waals surface area contributed by atoms with Gasteiger partial charge in [0.05, 0.1) is 12.5 Å². The van der Waals surface area contributed by atoms with E-state index in [4.69, 9.17) is 9.47 Å². The molecule has 0 amide bonds. The minimum Gasteiger partial charge on any atom is -0.465 e. The predicted octanol–water partition coefficient (Wildman–Crippen LogP) is 2.00. The van der Waals surface area contributed by atoms with Crippen molar-refractivity contribution in [3.05, 3.63) is 0 Å². The molecule has 3 nitrogen and oxygen atoms in total. The summed E-state index contributed by atoms with van der Waals surface area (Å²) in [6.07, 6.45) is 1.63. The summed E-state index contributed by atoms with van der Waals surface area (Å²) in [6, 6.07) is 0. The summed E-state index contributed by atoms with van der Waals surface area (Å²) in [7, 11) is 0. The zero-order valence-corrected chi connectivity index (χ0v) is 8.84. The number of carbonyl (C=O) groups is 1. The van der Waals surface area contributed by atoms with Crippen molar-refractivity contribution in [2.24, 2.45) is 5.92 Å². The predicted molar refractivity (Wildman–Crippen MR) is 51.5 cm³/mol. The van der Waals surface area contributed by atoms with Crippen LogP contribution in [-0.4, -0.2) is 25.8 Å². The third-order valence-corrected chi connectivity index (χ3v) is 1.90. The highest BCUT2D eigenvalue weighted by atomic mass is 16.5. The molecule has 0 aromatic rings. The molecular formula is C10H20O3. The second kappa shape index (κ2) is 8.05. The molecule has 3 heteroatoms. The maximum atomic E-state index is 11.1. The second-order valence-electron chi connectivity index (χ2n) is 3.03. The molecule has 1 atom stereocenters. The molecule has 0 aliphatic carbocycles. The molecule has 13 heavy (non-hydrogen) atoms. The molecule has 78 valence electrons. The van der Waals surface area contributed by atoms with Crippen molar-refractivity contribution >= 4 is 5.97 Å². The molecule has 0 aliphatic heterocycles. The second-order valence-corrected chi connectivity index (χ2v) is 3.03. The van der Waals surface area contributed by atoms with Gasteiger partial charge in [-0.25, -0.2) is 0 Å². The Bertz CT molecular complexity index is 134. The quantitative estimate of drug-likeness (QED) is 0.453. The highest BCUT2D eigenvalue weighted by molar-refractivity contribution is 5.71. The molecule has 0 aromatic carbocycles. The minimum atomic E-state index is -0.0981. The first-order valence-corrected chi connectivity index (χ1v) is 4.96. The molecule has 0 aromatic heterocycles. The Balaban J connectivity index is 3.27. The van der Waals surface area contributed by atoms with Crippen LogP contribution in [0.2, 0.25) is 0 Å². The minimum absolute atomic E-state index is 0.0205. The van der Waals surface area contributed by atoms with Crippen LogP contribution in [0.3, 0.4) is 0 Å². The van der Waals surface area contributed by atoms with Crippen molar-refractivity contribution in [2.75, 3.05) is 19.8 Å². The van der Waals surface area contributed by atoms with Crippen molar-refractivity contribution < 1.29 is 14.3 Å². The SMILES string of the molecule is CCOCCCOC(=O)C(C)CC. The van der Waals surface area contributed by atoms with Crippen molar-refractivity contribution in [3.8, 4) is 0 Å². The Morgan fingerprint density at radius 1 is 1.31 bits per heavy atom. The van der Waals surface area contributed by atoms with Crippen LogP contribution in [0.5, 0.6) is 0 Å². The largest absolute Gasteiger partial charge is 0.465 e. The lowest BCUT2D eigenvalue weighted by Gasteiger charge is -2.08. The summed E-state index contributed by atoms with van der Waals surface area (Å²) in [6.45, 7) is 7.68. The van der Waals surface area contributed by atoms with Crippen LogP contribution >= 0.6 is 0 Å². The summed E-state index contributed by atoms with van der Waals surface area (Å²) < 4.78 is 10.1. The lowest BCUT2D eigenvalue weighted by Crippen LogP contribution is -2.15. The fourth-order valence-electron chi connectivity index (χ4n) is 0.787. The van der Waals surface area contributed by atoms with Crippen LogP contribution in [0.15, 0.2) is 0 Å². The number of rotatable bonds is 7. The van der Waals surface area contributed by atoms with E-state index < -0.39 is 0 Å². The lowest BCUT2D eigenvalue weighted by atomic mass is 10.1. The van der Waals surface area contributed by atoms with Gasteiger partial charge in [-0.2, -0.15) is 0 Å². The third kappa shape index (κ3) is 6.58. The zero-order valence-electron chi connectivity index (χ0n) is 8.84. The van der Waals surface area contributed by atoms with E-state index in [-0.39, 0.29) is 11.9 Å². The van der Waals surface area contributed by atoms with Gasteiger partial charge in [0.2, 0.25) is 0 Å². The van der Waals surface area contributed by atoms with E-state index in [1.54, 1.807) is 0 Å². The molecule has 0 fully saturated rings. The topological polar surface area (TPSA) is 35.5 Å². The fourth-order valence-corrected chi connectivity index (χ4v) is 0.787. The molecule has 0 N–H and O–H groups in total. The van der Waals surface area contributed by atoms with Crippen molar-refractivity contribution in [3.63, 3.8) is 0 Å². The molecule has 0 radical (unpaired) electrons. The Labute approximate surface area is 80.4 Å². The summed E-state index contributed by atoms with van der Waals surface area (Å²) in [5, 5.41) is 0. The molecule has 0 rings (SSSR count). The number of carbonyl (C=O) groups excluding carboxylic acids is 1. The molecule has 0 saturated heterocycles. The van der Waals surface area contributed by atoms with Gasteiger partial charge in [0.1, 0.15) is 0 Å². The molecule has 0 spiro atoms. The third-order valence-electron chi connectivity index (χ3n) is 1.90. The number of hydrogen-bond acceptors (Lipinski definition) is 3. The van der Waals surface area contributed by atoms with Gasteiger partial charge in [-0.1, -0.05) is 13.8 Å².